The van der Waals surface area contributed by atoms with Gasteiger partial charge in [-0.15, -0.1) is 0 Å². The minimum absolute atomic E-state index is 0.0470. The number of amides is 1. The molecule has 0 bridgehead atoms. The molecule has 0 aromatic rings. The van der Waals surface area contributed by atoms with Crippen LogP contribution in [0.4, 0.5) is 0 Å². The van der Waals surface area contributed by atoms with Crippen molar-refractivity contribution in [2.24, 2.45) is 0 Å². The van der Waals surface area contributed by atoms with Crippen LogP contribution in [0.25, 0.3) is 0 Å². The second-order valence-corrected chi connectivity index (χ2v) is 4.24. The zero-order valence-corrected chi connectivity index (χ0v) is 9.87. The summed E-state index contributed by atoms with van der Waals surface area (Å²) in [6.07, 6.45) is 2.30. The van der Waals surface area contributed by atoms with Crippen molar-refractivity contribution in [3.63, 3.8) is 0 Å². The minimum atomic E-state index is -0.345. The van der Waals surface area contributed by atoms with E-state index in [1.807, 2.05) is 0 Å². The van der Waals surface area contributed by atoms with Crippen molar-refractivity contribution in [3.8, 4) is 0 Å². The lowest BCUT2D eigenvalue weighted by Crippen LogP contribution is -2.35. The van der Waals surface area contributed by atoms with Gasteiger partial charge in [0.25, 0.3) is 0 Å². The molecule has 0 aromatic heterocycles. The molecule has 1 fully saturated rings. The van der Waals surface area contributed by atoms with Gasteiger partial charge in [0.05, 0.1) is 18.6 Å². The second kappa shape index (κ2) is 7.60. The average Bonchev–Trinajstić information content (AvgIpc) is 2.69. The Labute approximate surface area is 96.6 Å². The van der Waals surface area contributed by atoms with Crippen LogP contribution >= 0.6 is 0 Å². The molecule has 0 saturated carbocycles. The smallest absolute Gasteiger partial charge is 0.222 e. The van der Waals surface area contributed by atoms with Crippen LogP contribution in [0.5, 0.6) is 0 Å². The van der Waals surface area contributed by atoms with E-state index in [9.17, 15) is 4.79 Å². The number of hydrogen-bond donors (Lipinski definition) is 3. The van der Waals surface area contributed by atoms with Crippen LogP contribution in [0.15, 0.2) is 0 Å². The van der Waals surface area contributed by atoms with Crippen molar-refractivity contribution in [1.29, 1.82) is 0 Å². The predicted octanol–water partition coefficient (Wildman–Crippen LogP) is -0.358. The Bertz CT molecular complexity index is 203. The number of aliphatic hydroxyl groups excluding tert-OH is 1. The summed E-state index contributed by atoms with van der Waals surface area (Å²) in [4.78, 5) is 11.4. The molecule has 2 atom stereocenters. The third-order valence-electron chi connectivity index (χ3n) is 2.50. The number of carbonyl (C=O) groups is 1. The summed E-state index contributed by atoms with van der Waals surface area (Å²) in [6.45, 7) is 4.35. The van der Waals surface area contributed by atoms with Gasteiger partial charge in [-0.25, -0.2) is 0 Å². The first kappa shape index (κ1) is 13.4. The van der Waals surface area contributed by atoms with Gasteiger partial charge < -0.3 is 20.5 Å². The lowest BCUT2D eigenvalue weighted by atomic mass is 10.2. The highest BCUT2D eigenvalue weighted by Crippen LogP contribution is 2.14. The molecule has 94 valence electrons. The molecule has 0 spiro atoms. The van der Waals surface area contributed by atoms with Crippen molar-refractivity contribution in [2.45, 2.75) is 38.4 Å². The van der Waals surface area contributed by atoms with Gasteiger partial charge in [0, 0.05) is 26.2 Å². The van der Waals surface area contributed by atoms with E-state index < -0.39 is 0 Å². The molecule has 1 aliphatic rings. The summed E-state index contributed by atoms with van der Waals surface area (Å²) in [5, 5.41) is 14.8. The zero-order valence-electron chi connectivity index (χ0n) is 9.87. The van der Waals surface area contributed by atoms with E-state index in [1.54, 1.807) is 6.92 Å². The summed E-state index contributed by atoms with van der Waals surface area (Å²) in [7, 11) is 0. The van der Waals surface area contributed by atoms with Crippen LogP contribution in [0.3, 0.4) is 0 Å². The Morgan fingerprint density at radius 2 is 2.38 bits per heavy atom. The van der Waals surface area contributed by atoms with Gasteiger partial charge in [-0.1, -0.05) is 0 Å². The molecule has 1 rings (SSSR count). The van der Waals surface area contributed by atoms with Crippen molar-refractivity contribution < 1.29 is 14.6 Å². The number of carbonyl (C=O) groups excluding carboxylic acids is 1. The molecular weight excluding hydrogens is 208 g/mol. The van der Waals surface area contributed by atoms with E-state index in [0.29, 0.717) is 26.1 Å². The predicted molar refractivity (Wildman–Crippen MR) is 61.2 cm³/mol. The molecule has 2 unspecified atom stereocenters. The Hall–Kier alpha value is -0.650. The average molecular weight is 230 g/mol. The second-order valence-electron chi connectivity index (χ2n) is 4.24. The van der Waals surface area contributed by atoms with Crippen LogP contribution in [0, 0.1) is 0 Å². The molecule has 0 radical (unpaired) electrons. The van der Waals surface area contributed by atoms with Crippen LogP contribution < -0.4 is 10.6 Å². The lowest BCUT2D eigenvalue weighted by molar-refractivity contribution is -0.123. The molecule has 1 amide bonds. The number of hydrogen-bond acceptors (Lipinski definition) is 4. The maximum absolute atomic E-state index is 11.4. The van der Waals surface area contributed by atoms with Gasteiger partial charge in [0.15, 0.2) is 0 Å². The molecular formula is C11H22N2O3. The molecule has 1 saturated heterocycles. The van der Waals surface area contributed by atoms with Gasteiger partial charge >= 0.3 is 0 Å². The van der Waals surface area contributed by atoms with Crippen molar-refractivity contribution in [3.05, 3.63) is 0 Å². The normalized spacial score (nSPS) is 22.0. The highest BCUT2D eigenvalue weighted by molar-refractivity contribution is 5.76. The fourth-order valence-corrected chi connectivity index (χ4v) is 1.69. The molecule has 5 heteroatoms. The third-order valence-corrected chi connectivity index (χ3v) is 2.50. The van der Waals surface area contributed by atoms with Crippen molar-refractivity contribution in [2.75, 3.05) is 26.2 Å². The number of ether oxygens (including phenoxy) is 1. The number of nitrogens with one attached hydrogen (secondary N) is 2. The Morgan fingerprint density at radius 1 is 1.56 bits per heavy atom. The number of rotatable bonds is 7. The van der Waals surface area contributed by atoms with Gasteiger partial charge in [-0.2, -0.15) is 0 Å². The molecule has 0 aromatic carbocycles. The van der Waals surface area contributed by atoms with E-state index in [-0.39, 0.29) is 18.1 Å². The third kappa shape index (κ3) is 6.05. The summed E-state index contributed by atoms with van der Waals surface area (Å²) < 4.78 is 5.37. The van der Waals surface area contributed by atoms with Gasteiger partial charge in [0.1, 0.15) is 0 Å². The molecule has 1 aliphatic heterocycles. The van der Waals surface area contributed by atoms with E-state index in [1.165, 1.54) is 0 Å². The van der Waals surface area contributed by atoms with E-state index in [4.69, 9.17) is 9.84 Å². The highest BCUT2D eigenvalue weighted by atomic mass is 16.5. The molecule has 5 nitrogen and oxygen atoms in total. The Kier molecular flexibility index (Phi) is 6.37. The van der Waals surface area contributed by atoms with Gasteiger partial charge in [0.2, 0.25) is 5.91 Å². The summed E-state index contributed by atoms with van der Waals surface area (Å²) in [5.41, 5.74) is 0. The molecule has 3 N–H and O–H groups in total. The highest BCUT2D eigenvalue weighted by Gasteiger charge is 2.18. The fourth-order valence-electron chi connectivity index (χ4n) is 1.69. The first-order valence-electron chi connectivity index (χ1n) is 5.95. The van der Waals surface area contributed by atoms with Crippen molar-refractivity contribution in [1.82, 2.24) is 10.6 Å². The maximum Gasteiger partial charge on any atom is 0.222 e. The van der Waals surface area contributed by atoms with Gasteiger partial charge in [-0.3, -0.25) is 4.79 Å². The van der Waals surface area contributed by atoms with E-state index >= 15 is 0 Å². The van der Waals surface area contributed by atoms with Crippen molar-refractivity contribution >= 4 is 5.91 Å². The lowest BCUT2D eigenvalue weighted by Gasteiger charge is -2.10. The quantitative estimate of drug-likeness (QED) is 0.522. The largest absolute Gasteiger partial charge is 0.392 e. The van der Waals surface area contributed by atoms with Gasteiger partial charge in [-0.05, 0) is 19.8 Å². The first-order chi connectivity index (χ1) is 7.68. The molecule has 0 aliphatic carbocycles. The van der Waals surface area contributed by atoms with Crippen LogP contribution in [-0.2, 0) is 9.53 Å². The Morgan fingerprint density at radius 3 is 3.00 bits per heavy atom. The van der Waals surface area contributed by atoms with E-state index in [2.05, 4.69) is 10.6 Å². The maximum atomic E-state index is 11.4. The monoisotopic (exact) mass is 230 g/mol. The first-order valence-corrected chi connectivity index (χ1v) is 5.95. The molecule has 16 heavy (non-hydrogen) atoms. The fraction of sp³-hybridized carbons (Fsp3) is 0.909. The van der Waals surface area contributed by atoms with Crippen LogP contribution in [0.1, 0.15) is 26.2 Å². The standard InChI is InChI=1S/C11H22N2O3/c1-9(14)8-12-4-5-13-11(15)7-10-3-2-6-16-10/h9-10,12,14H,2-8H2,1H3,(H,13,15). The molecule has 1 heterocycles. The number of aliphatic hydroxyl groups is 1. The summed E-state index contributed by atoms with van der Waals surface area (Å²) >= 11 is 0. The zero-order chi connectivity index (χ0) is 11.8. The van der Waals surface area contributed by atoms with E-state index in [0.717, 1.165) is 19.4 Å². The Balaban J connectivity index is 1.93. The summed E-state index contributed by atoms with van der Waals surface area (Å²) in [5.74, 6) is 0.0470. The summed E-state index contributed by atoms with van der Waals surface area (Å²) in [6, 6.07) is 0. The topological polar surface area (TPSA) is 70.6 Å². The SMILES string of the molecule is CC(O)CNCCNC(=O)CC1CCCO1. The van der Waals surface area contributed by atoms with Crippen LogP contribution in [0.2, 0.25) is 0 Å². The minimum Gasteiger partial charge on any atom is -0.392 e. The van der Waals surface area contributed by atoms with Crippen LogP contribution in [-0.4, -0.2) is 49.5 Å².